The fourth-order valence-electron chi connectivity index (χ4n) is 4.44. The van der Waals surface area contributed by atoms with Gasteiger partial charge < -0.3 is 15.2 Å². The van der Waals surface area contributed by atoms with Crippen molar-refractivity contribution in [2.75, 3.05) is 38.1 Å². The summed E-state index contributed by atoms with van der Waals surface area (Å²) in [6, 6.07) is 7.20. The van der Waals surface area contributed by atoms with Gasteiger partial charge in [0.25, 0.3) is 11.5 Å². The number of carbonyl (C=O) groups is 1. The van der Waals surface area contributed by atoms with Crippen molar-refractivity contribution in [3.8, 4) is 0 Å². The number of nitrogens with one attached hydrogen (secondary N) is 2. The molecule has 3 aromatic rings. The Bertz CT molecular complexity index is 1280. The molecule has 2 fully saturated rings. The first-order valence-electron chi connectivity index (χ1n) is 11.3. The van der Waals surface area contributed by atoms with Crippen LogP contribution in [0.4, 0.5) is 10.1 Å². The number of rotatable bonds is 5. The molecule has 1 saturated heterocycles. The van der Waals surface area contributed by atoms with Gasteiger partial charge in [0.1, 0.15) is 11.2 Å². The van der Waals surface area contributed by atoms with Crippen LogP contribution in [0.3, 0.4) is 0 Å². The third-order valence-electron chi connectivity index (χ3n) is 6.37. The topological polar surface area (TPSA) is 94.2 Å². The van der Waals surface area contributed by atoms with Gasteiger partial charge >= 0.3 is 0 Å². The molecule has 2 N–H and O–H groups in total. The first kappa shape index (κ1) is 21.5. The number of aryl methyl sites for hydroxylation is 1. The van der Waals surface area contributed by atoms with Crippen molar-refractivity contribution in [3.63, 3.8) is 0 Å². The van der Waals surface area contributed by atoms with Gasteiger partial charge in [-0.3, -0.25) is 14.5 Å². The molecule has 0 radical (unpaired) electrons. The van der Waals surface area contributed by atoms with E-state index in [4.69, 9.17) is 0 Å². The number of hydrogen-bond acceptors (Lipinski definition) is 6. The van der Waals surface area contributed by atoms with Crippen LogP contribution in [0.25, 0.3) is 11.0 Å². The highest BCUT2D eigenvalue weighted by Crippen LogP contribution is 2.37. The van der Waals surface area contributed by atoms with Crippen molar-refractivity contribution in [1.82, 2.24) is 25.2 Å². The molecule has 0 atom stereocenters. The van der Waals surface area contributed by atoms with Crippen LogP contribution >= 0.6 is 0 Å². The minimum Gasteiger partial charge on any atom is -0.367 e. The average molecular weight is 451 g/mol. The average Bonchev–Trinajstić information content (AvgIpc) is 3.64. The maximum Gasteiger partial charge on any atom is 0.271 e. The van der Waals surface area contributed by atoms with E-state index < -0.39 is 5.82 Å². The summed E-state index contributed by atoms with van der Waals surface area (Å²) in [5, 5.41) is 2.66. The summed E-state index contributed by atoms with van der Waals surface area (Å²) in [7, 11) is 1.60. The molecule has 5 rings (SSSR count). The number of nitrogens with zero attached hydrogens (tertiary/aromatic N) is 4. The maximum absolute atomic E-state index is 14.8. The zero-order chi connectivity index (χ0) is 23.1. The van der Waals surface area contributed by atoms with Crippen LogP contribution in [0.2, 0.25) is 0 Å². The maximum atomic E-state index is 14.8. The van der Waals surface area contributed by atoms with Gasteiger partial charge in [-0.05, 0) is 49.6 Å². The number of aromatic nitrogens is 3. The van der Waals surface area contributed by atoms with Gasteiger partial charge in [-0.1, -0.05) is 0 Å². The standard InChI is InChI=1S/C24H27FN6O2/c1-14-3-6-19(22(27-14)23(32)26-2)31-9-7-30(8-10-31)13-15-11-17(25)21-18(12-15)28-24(33)20(29-21)16-4-5-16/h3,6,11-12,16H,4-5,7-10,13H2,1-2H3,(H,26,32)(H,28,33). The van der Waals surface area contributed by atoms with Gasteiger partial charge in [-0.25, -0.2) is 14.4 Å². The van der Waals surface area contributed by atoms with Crippen LogP contribution in [0, 0.1) is 12.7 Å². The molecule has 0 unspecified atom stereocenters. The number of hydrogen-bond donors (Lipinski definition) is 2. The molecule has 172 valence electrons. The van der Waals surface area contributed by atoms with Crippen molar-refractivity contribution in [3.05, 3.63) is 63.1 Å². The quantitative estimate of drug-likeness (QED) is 0.620. The lowest BCUT2D eigenvalue weighted by Gasteiger charge is -2.36. The molecule has 1 aliphatic heterocycles. The summed E-state index contributed by atoms with van der Waals surface area (Å²) in [5.41, 5.74) is 3.77. The normalized spacial score (nSPS) is 16.9. The highest BCUT2D eigenvalue weighted by molar-refractivity contribution is 5.97. The van der Waals surface area contributed by atoms with E-state index >= 15 is 0 Å². The Labute approximate surface area is 190 Å². The molecular formula is C24H27FN6O2. The lowest BCUT2D eigenvalue weighted by atomic mass is 10.1. The molecule has 0 spiro atoms. The zero-order valence-electron chi connectivity index (χ0n) is 18.8. The molecule has 33 heavy (non-hydrogen) atoms. The Morgan fingerprint density at radius 1 is 1.18 bits per heavy atom. The molecule has 9 heteroatoms. The predicted molar refractivity (Wildman–Crippen MR) is 124 cm³/mol. The number of fused-ring (bicyclic) bond motifs is 1. The molecule has 1 aromatic carbocycles. The van der Waals surface area contributed by atoms with Gasteiger partial charge in [-0.15, -0.1) is 0 Å². The second kappa shape index (κ2) is 8.55. The molecule has 1 aliphatic carbocycles. The minimum absolute atomic E-state index is 0.168. The summed E-state index contributed by atoms with van der Waals surface area (Å²) in [6.45, 7) is 5.42. The van der Waals surface area contributed by atoms with E-state index in [0.29, 0.717) is 23.4 Å². The van der Waals surface area contributed by atoms with Crippen molar-refractivity contribution < 1.29 is 9.18 Å². The Kier molecular flexibility index (Phi) is 5.57. The van der Waals surface area contributed by atoms with Gasteiger partial charge in [-0.2, -0.15) is 0 Å². The molecule has 0 bridgehead atoms. The zero-order valence-corrected chi connectivity index (χ0v) is 18.8. The van der Waals surface area contributed by atoms with Crippen LogP contribution in [-0.4, -0.2) is 59.0 Å². The van der Waals surface area contributed by atoms with E-state index in [9.17, 15) is 14.0 Å². The fraction of sp³-hybridized carbons (Fsp3) is 0.417. The van der Waals surface area contributed by atoms with E-state index in [1.54, 1.807) is 7.05 Å². The highest BCUT2D eigenvalue weighted by atomic mass is 19.1. The molecule has 2 aromatic heterocycles. The summed E-state index contributed by atoms with van der Waals surface area (Å²) < 4.78 is 14.8. The monoisotopic (exact) mass is 450 g/mol. The lowest BCUT2D eigenvalue weighted by Crippen LogP contribution is -2.46. The number of H-pyrrole nitrogens is 1. The molecule has 2 aliphatic rings. The third kappa shape index (κ3) is 4.32. The smallest absolute Gasteiger partial charge is 0.271 e. The molecular weight excluding hydrogens is 423 g/mol. The van der Waals surface area contributed by atoms with Gasteiger partial charge in [0, 0.05) is 51.4 Å². The highest BCUT2D eigenvalue weighted by Gasteiger charge is 2.29. The predicted octanol–water partition coefficient (Wildman–Crippen LogP) is 2.32. The number of halogens is 1. The second-order valence-electron chi connectivity index (χ2n) is 8.86. The van der Waals surface area contributed by atoms with E-state index in [2.05, 4.69) is 30.1 Å². The Morgan fingerprint density at radius 2 is 1.94 bits per heavy atom. The van der Waals surface area contributed by atoms with Crippen LogP contribution in [0.15, 0.2) is 29.1 Å². The minimum atomic E-state index is -0.403. The van der Waals surface area contributed by atoms with Crippen molar-refractivity contribution in [2.45, 2.75) is 32.2 Å². The van der Waals surface area contributed by atoms with Gasteiger partial charge in [0.05, 0.1) is 11.2 Å². The third-order valence-corrected chi connectivity index (χ3v) is 6.37. The van der Waals surface area contributed by atoms with Gasteiger partial charge in [0.15, 0.2) is 11.5 Å². The molecule has 1 saturated carbocycles. The summed E-state index contributed by atoms with van der Waals surface area (Å²) in [6.07, 6.45) is 1.88. The second-order valence-corrected chi connectivity index (χ2v) is 8.86. The number of anilines is 1. The van der Waals surface area contributed by atoms with Crippen LogP contribution in [-0.2, 0) is 6.54 Å². The van der Waals surface area contributed by atoms with E-state index in [-0.39, 0.29) is 22.9 Å². The number of amides is 1. The fourth-order valence-corrected chi connectivity index (χ4v) is 4.44. The van der Waals surface area contributed by atoms with Crippen LogP contribution in [0.5, 0.6) is 0 Å². The van der Waals surface area contributed by atoms with E-state index in [0.717, 1.165) is 56.0 Å². The number of aromatic amines is 1. The largest absolute Gasteiger partial charge is 0.367 e. The Morgan fingerprint density at radius 3 is 2.64 bits per heavy atom. The van der Waals surface area contributed by atoms with Crippen LogP contribution < -0.4 is 15.8 Å². The molecule has 3 heterocycles. The first-order chi connectivity index (χ1) is 15.9. The van der Waals surface area contributed by atoms with E-state index in [1.807, 2.05) is 25.1 Å². The first-order valence-corrected chi connectivity index (χ1v) is 11.3. The number of benzene rings is 1. The number of piperazine rings is 1. The Balaban J connectivity index is 1.30. The van der Waals surface area contributed by atoms with Crippen molar-refractivity contribution >= 4 is 22.6 Å². The molecule has 8 nitrogen and oxygen atoms in total. The summed E-state index contributed by atoms with van der Waals surface area (Å²) in [4.78, 5) is 40.6. The van der Waals surface area contributed by atoms with Crippen molar-refractivity contribution in [1.29, 1.82) is 0 Å². The van der Waals surface area contributed by atoms with Gasteiger partial charge in [0.2, 0.25) is 0 Å². The van der Waals surface area contributed by atoms with E-state index in [1.165, 1.54) is 6.07 Å². The number of pyridine rings is 1. The molecule has 1 amide bonds. The van der Waals surface area contributed by atoms with Crippen LogP contribution in [0.1, 0.15) is 46.2 Å². The number of carbonyl (C=O) groups excluding carboxylic acids is 1. The summed E-state index contributed by atoms with van der Waals surface area (Å²) >= 11 is 0. The van der Waals surface area contributed by atoms with Crippen molar-refractivity contribution in [2.24, 2.45) is 0 Å². The SMILES string of the molecule is CNC(=O)c1nc(C)ccc1N1CCN(Cc2cc(F)c3nc(C4CC4)c(=O)[nH]c3c2)CC1. The summed E-state index contributed by atoms with van der Waals surface area (Å²) in [5.74, 6) is -0.434. The lowest BCUT2D eigenvalue weighted by molar-refractivity contribution is 0.0958. The Hall–Kier alpha value is -3.33.